The van der Waals surface area contributed by atoms with Gasteiger partial charge in [0, 0.05) is 44.8 Å². The van der Waals surface area contributed by atoms with Gasteiger partial charge in [-0.05, 0) is 19.1 Å². The first-order valence-corrected chi connectivity index (χ1v) is 6.73. The van der Waals surface area contributed by atoms with Crippen molar-refractivity contribution in [3.05, 3.63) is 53.7 Å². The number of pyridine rings is 1. The van der Waals surface area contributed by atoms with Crippen molar-refractivity contribution >= 4 is 11.6 Å². The quantitative estimate of drug-likeness (QED) is 0.734. The van der Waals surface area contributed by atoms with E-state index in [-0.39, 0.29) is 5.91 Å². The number of rotatable bonds is 3. The molecule has 3 aromatic rings. The number of imidazole rings is 1. The Morgan fingerprint density at radius 1 is 1.33 bits per heavy atom. The number of aryl methyl sites for hydroxylation is 2. The summed E-state index contributed by atoms with van der Waals surface area (Å²) in [5.74, 6) is -0.0954. The average Bonchev–Trinajstić information content (AvgIpc) is 3.01. The third-order valence-electron chi connectivity index (χ3n) is 3.45. The van der Waals surface area contributed by atoms with Crippen molar-refractivity contribution in [2.24, 2.45) is 7.05 Å². The molecule has 0 spiro atoms. The number of fused-ring (bicyclic) bond motifs is 1. The Hall–Kier alpha value is -2.63. The van der Waals surface area contributed by atoms with E-state index >= 15 is 0 Å². The zero-order chi connectivity index (χ0) is 15.0. The lowest BCUT2D eigenvalue weighted by molar-refractivity contribution is 0.0780. The van der Waals surface area contributed by atoms with Crippen molar-refractivity contribution in [2.45, 2.75) is 13.5 Å². The van der Waals surface area contributed by atoms with Crippen LogP contribution in [0.15, 0.2) is 36.8 Å². The van der Waals surface area contributed by atoms with Gasteiger partial charge in [0.15, 0.2) is 0 Å². The number of amides is 1. The molecule has 0 bridgehead atoms. The summed E-state index contributed by atoms with van der Waals surface area (Å²) in [6, 6.07) is 5.69. The molecule has 0 unspecified atom stereocenters. The molecule has 3 rings (SSSR count). The first kappa shape index (κ1) is 13.4. The fourth-order valence-corrected chi connectivity index (χ4v) is 2.36. The van der Waals surface area contributed by atoms with Gasteiger partial charge in [-0.25, -0.2) is 4.98 Å². The van der Waals surface area contributed by atoms with Crippen LogP contribution in [0.2, 0.25) is 0 Å². The third kappa shape index (κ3) is 2.52. The maximum atomic E-state index is 12.5. The van der Waals surface area contributed by atoms with E-state index in [1.807, 2.05) is 49.0 Å². The number of nitrogens with zero attached hydrogens (tertiary/aromatic N) is 5. The van der Waals surface area contributed by atoms with E-state index in [1.165, 1.54) is 0 Å². The molecule has 0 saturated heterocycles. The number of aromatic nitrogens is 4. The van der Waals surface area contributed by atoms with E-state index in [0.29, 0.717) is 12.2 Å². The molecule has 0 aliphatic rings. The summed E-state index contributed by atoms with van der Waals surface area (Å²) in [5.41, 5.74) is 3.20. The minimum atomic E-state index is -0.0954. The standard InChI is InChI=1S/C15H17N5O/c1-11-12(9-19(3)17-11)8-18(2)15(21)13-10-20-7-5-4-6-14(20)16-13/h4-7,9-10H,8H2,1-3H3. The second kappa shape index (κ2) is 5.05. The highest BCUT2D eigenvalue weighted by Gasteiger charge is 2.17. The normalized spacial score (nSPS) is 11.0. The second-order valence-corrected chi connectivity index (χ2v) is 5.17. The zero-order valence-corrected chi connectivity index (χ0v) is 12.3. The molecule has 0 aliphatic heterocycles. The van der Waals surface area contributed by atoms with Crippen molar-refractivity contribution in [2.75, 3.05) is 7.05 Å². The molecule has 0 aliphatic carbocycles. The summed E-state index contributed by atoms with van der Waals surface area (Å²) >= 11 is 0. The Morgan fingerprint density at radius 2 is 2.14 bits per heavy atom. The molecule has 6 nitrogen and oxygen atoms in total. The van der Waals surface area contributed by atoms with Gasteiger partial charge in [0.05, 0.1) is 5.69 Å². The summed E-state index contributed by atoms with van der Waals surface area (Å²) < 4.78 is 3.60. The molecule has 0 N–H and O–H groups in total. The summed E-state index contributed by atoms with van der Waals surface area (Å²) in [5, 5.41) is 4.29. The van der Waals surface area contributed by atoms with Gasteiger partial charge in [0.1, 0.15) is 11.3 Å². The van der Waals surface area contributed by atoms with Gasteiger partial charge in [-0.2, -0.15) is 5.10 Å². The van der Waals surface area contributed by atoms with Crippen LogP contribution in [0.3, 0.4) is 0 Å². The molecule has 0 radical (unpaired) electrons. The average molecular weight is 283 g/mol. The highest BCUT2D eigenvalue weighted by Crippen LogP contribution is 2.11. The molecule has 0 fully saturated rings. The molecule has 3 aromatic heterocycles. The van der Waals surface area contributed by atoms with Crippen LogP contribution in [0, 0.1) is 6.92 Å². The summed E-state index contributed by atoms with van der Waals surface area (Å²) in [6.45, 7) is 2.46. The molecule has 0 aromatic carbocycles. The largest absolute Gasteiger partial charge is 0.336 e. The van der Waals surface area contributed by atoms with Gasteiger partial charge >= 0.3 is 0 Å². The van der Waals surface area contributed by atoms with E-state index in [2.05, 4.69) is 10.1 Å². The van der Waals surface area contributed by atoms with Crippen LogP contribution in [-0.4, -0.2) is 37.0 Å². The van der Waals surface area contributed by atoms with Crippen LogP contribution < -0.4 is 0 Å². The van der Waals surface area contributed by atoms with Gasteiger partial charge in [0.25, 0.3) is 5.91 Å². The molecular formula is C15H17N5O. The molecule has 21 heavy (non-hydrogen) atoms. The lowest BCUT2D eigenvalue weighted by Crippen LogP contribution is -2.26. The molecule has 6 heteroatoms. The van der Waals surface area contributed by atoms with Gasteiger partial charge in [-0.15, -0.1) is 0 Å². The fraction of sp³-hybridized carbons (Fsp3) is 0.267. The summed E-state index contributed by atoms with van der Waals surface area (Å²) in [7, 11) is 3.65. The van der Waals surface area contributed by atoms with E-state index in [4.69, 9.17) is 0 Å². The van der Waals surface area contributed by atoms with E-state index < -0.39 is 0 Å². The predicted molar refractivity (Wildman–Crippen MR) is 78.9 cm³/mol. The third-order valence-corrected chi connectivity index (χ3v) is 3.45. The van der Waals surface area contributed by atoms with Crippen LogP contribution in [0.25, 0.3) is 5.65 Å². The number of hydrogen-bond donors (Lipinski definition) is 0. The van der Waals surface area contributed by atoms with Gasteiger partial charge in [-0.3, -0.25) is 9.48 Å². The van der Waals surface area contributed by atoms with Crippen LogP contribution >= 0.6 is 0 Å². The minimum absolute atomic E-state index is 0.0954. The highest BCUT2D eigenvalue weighted by atomic mass is 16.2. The minimum Gasteiger partial charge on any atom is -0.336 e. The van der Waals surface area contributed by atoms with Crippen molar-refractivity contribution in [3.8, 4) is 0 Å². The van der Waals surface area contributed by atoms with Crippen molar-refractivity contribution in [1.82, 2.24) is 24.1 Å². The Bertz CT molecular complexity index is 768. The van der Waals surface area contributed by atoms with Gasteiger partial charge < -0.3 is 9.30 Å². The molecule has 0 saturated carbocycles. The summed E-state index contributed by atoms with van der Waals surface area (Å²) in [6.07, 6.45) is 5.57. The lowest BCUT2D eigenvalue weighted by atomic mass is 10.2. The number of hydrogen-bond acceptors (Lipinski definition) is 3. The summed E-state index contributed by atoms with van der Waals surface area (Å²) in [4.78, 5) is 18.5. The Balaban J connectivity index is 1.82. The maximum Gasteiger partial charge on any atom is 0.274 e. The fourth-order valence-electron chi connectivity index (χ4n) is 2.36. The van der Waals surface area contributed by atoms with E-state index in [0.717, 1.165) is 16.9 Å². The monoisotopic (exact) mass is 283 g/mol. The Morgan fingerprint density at radius 3 is 2.81 bits per heavy atom. The highest BCUT2D eigenvalue weighted by molar-refractivity contribution is 5.92. The first-order chi connectivity index (χ1) is 10.0. The topological polar surface area (TPSA) is 55.4 Å². The molecule has 0 atom stereocenters. The zero-order valence-electron chi connectivity index (χ0n) is 12.3. The van der Waals surface area contributed by atoms with Crippen LogP contribution in [0.5, 0.6) is 0 Å². The second-order valence-electron chi connectivity index (χ2n) is 5.17. The number of carbonyl (C=O) groups is 1. The van der Waals surface area contributed by atoms with E-state index in [9.17, 15) is 4.79 Å². The Labute approximate surface area is 122 Å². The number of carbonyl (C=O) groups excluding carboxylic acids is 1. The smallest absolute Gasteiger partial charge is 0.274 e. The van der Waals surface area contributed by atoms with Crippen LogP contribution in [0.4, 0.5) is 0 Å². The van der Waals surface area contributed by atoms with Gasteiger partial charge in [-0.1, -0.05) is 6.07 Å². The molecular weight excluding hydrogens is 266 g/mol. The van der Waals surface area contributed by atoms with Gasteiger partial charge in [0.2, 0.25) is 0 Å². The molecule has 3 heterocycles. The van der Waals surface area contributed by atoms with Crippen LogP contribution in [0.1, 0.15) is 21.7 Å². The Kier molecular flexibility index (Phi) is 3.21. The predicted octanol–water partition coefficient (Wildman–Crippen LogP) is 1.65. The maximum absolute atomic E-state index is 12.5. The van der Waals surface area contributed by atoms with Crippen molar-refractivity contribution in [3.63, 3.8) is 0 Å². The van der Waals surface area contributed by atoms with Crippen LogP contribution in [-0.2, 0) is 13.6 Å². The van der Waals surface area contributed by atoms with Crippen molar-refractivity contribution < 1.29 is 4.79 Å². The lowest BCUT2D eigenvalue weighted by Gasteiger charge is -2.15. The SMILES string of the molecule is Cc1nn(C)cc1CN(C)C(=O)c1cn2ccccc2n1. The molecule has 1 amide bonds. The first-order valence-electron chi connectivity index (χ1n) is 6.73. The van der Waals surface area contributed by atoms with Crippen molar-refractivity contribution in [1.29, 1.82) is 0 Å². The van der Waals surface area contributed by atoms with E-state index in [1.54, 1.807) is 22.8 Å². The molecule has 108 valence electrons.